The van der Waals surface area contributed by atoms with E-state index in [1.54, 1.807) is 0 Å². The van der Waals surface area contributed by atoms with Gasteiger partial charge in [0, 0.05) is 44.8 Å². The number of hydrogen-bond donors (Lipinski definition) is 1. The molecule has 0 aromatic carbocycles. The molecular formula is C17H37N3. The lowest BCUT2D eigenvalue weighted by Crippen LogP contribution is -2.52. The first-order chi connectivity index (χ1) is 9.28. The molecule has 0 radical (unpaired) electrons. The van der Waals surface area contributed by atoms with Gasteiger partial charge in [0.2, 0.25) is 0 Å². The van der Waals surface area contributed by atoms with Gasteiger partial charge in [-0.3, -0.25) is 0 Å². The van der Waals surface area contributed by atoms with Crippen LogP contribution in [0.25, 0.3) is 0 Å². The number of nitrogens with zero attached hydrogens (tertiary/aromatic N) is 2. The Balaban J connectivity index is 2.49. The van der Waals surface area contributed by atoms with Crippen molar-refractivity contribution < 1.29 is 0 Å². The van der Waals surface area contributed by atoms with Crippen molar-refractivity contribution in [3.8, 4) is 0 Å². The Kier molecular flexibility index (Phi) is 6.96. The third kappa shape index (κ3) is 6.55. The summed E-state index contributed by atoms with van der Waals surface area (Å²) in [6.45, 7) is 22.3. The van der Waals surface area contributed by atoms with E-state index in [0.29, 0.717) is 5.41 Å². The van der Waals surface area contributed by atoms with Crippen molar-refractivity contribution in [2.45, 2.75) is 59.9 Å². The second-order valence-electron chi connectivity index (χ2n) is 7.87. The molecule has 1 aliphatic rings. The van der Waals surface area contributed by atoms with Crippen molar-refractivity contribution in [1.82, 2.24) is 15.1 Å². The second-order valence-corrected chi connectivity index (χ2v) is 7.87. The molecule has 0 aromatic heterocycles. The van der Waals surface area contributed by atoms with Gasteiger partial charge < -0.3 is 15.1 Å². The van der Waals surface area contributed by atoms with E-state index < -0.39 is 0 Å². The lowest BCUT2D eigenvalue weighted by Gasteiger charge is -2.41. The van der Waals surface area contributed by atoms with Gasteiger partial charge in [-0.05, 0) is 39.2 Å². The normalized spacial score (nSPS) is 21.9. The van der Waals surface area contributed by atoms with E-state index in [4.69, 9.17) is 0 Å². The van der Waals surface area contributed by atoms with Gasteiger partial charge >= 0.3 is 0 Å². The van der Waals surface area contributed by atoms with Crippen LogP contribution >= 0.6 is 0 Å². The van der Waals surface area contributed by atoms with Crippen molar-refractivity contribution in [1.29, 1.82) is 0 Å². The van der Waals surface area contributed by atoms with E-state index in [9.17, 15) is 0 Å². The van der Waals surface area contributed by atoms with Gasteiger partial charge in [-0.2, -0.15) is 0 Å². The first kappa shape index (κ1) is 17.9. The molecule has 0 bridgehead atoms. The van der Waals surface area contributed by atoms with Crippen LogP contribution in [0.1, 0.15) is 54.4 Å². The van der Waals surface area contributed by atoms with E-state index in [-0.39, 0.29) is 5.54 Å². The van der Waals surface area contributed by atoms with Gasteiger partial charge in [0.05, 0.1) is 0 Å². The number of piperazine rings is 1. The van der Waals surface area contributed by atoms with Crippen LogP contribution in [-0.4, -0.2) is 61.2 Å². The van der Waals surface area contributed by atoms with Gasteiger partial charge in [-0.25, -0.2) is 0 Å². The van der Waals surface area contributed by atoms with Crippen LogP contribution in [0.2, 0.25) is 0 Å². The van der Waals surface area contributed by atoms with Crippen LogP contribution in [0.4, 0.5) is 0 Å². The van der Waals surface area contributed by atoms with Crippen molar-refractivity contribution in [2.24, 2.45) is 5.41 Å². The topological polar surface area (TPSA) is 18.5 Å². The average molecular weight is 284 g/mol. The van der Waals surface area contributed by atoms with Crippen molar-refractivity contribution >= 4 is 0 Å². The maximum absolute atomic E-state index is 3.72. The van der Waals surface area contributed by atoms with Crippen LogP contribution < -0.4 is 5.32 Å². The van der Waals surface area contributed by atoms with Crippen LogP contribution in [0, 0.1) is 5.41 Å². The number of rotatable bonds is 7. The molecule has 1 aliphatic heterocycles. The quantitative estimate of drug-likeness (QED) is 0.775. The Labute approximate surface area is 127 Å². The number of likely N-dealkylation sites (N-methyl/N-ethyl adjacent to an activating group) is 1. The summed E-state index contributed by atoms with van der Waals surface area (Å²) in [5.41, 5.74) is 0.617. The lowest BCUT2D eigenvalue weighted by atomic mass is 9.84. The highest BCUT2D eigenvalue weighted by Crippen LogP contribution is 2.25. The fourth-order valence-electron chi connectivity index (χ4n) is 3.11. The van der Waals surface area contributed by atoms with E-state index in [2.05, 4.69) is 56.7 Å². The fraction of sp³-hybridized carbons (Fsp3) is 1.00. The fourth-order valence-corrected chi connectivity index (χ4v) is 3.11. The standard InChI is InChI=1S/C17H37N3/c1-7-9-17(6,14-18-16(3,4)5)15-20-12-10-19(8-2)11-13-20/h18H,7-15H2,1-6H3. The molecule has 1 heterocycles. The molecule has 0 aromatic rings. The van der Waals surface area contributed by atoms with Gasteiger partial charge in [-0.15, -0.1) is 0 Å². The highest BCUT2D eigenvalue weighted by Gasteiger charge is 2.29. The van der Waals surface area contributed by atoms with E-state index in [1.807, 2.05) is 0 Å². The summed E-state index contributed by atoms with van der Waals surface area (Å²) in [7, 11) is 0. The molecule has 1 fully saturated rings. The average Bonchev–Trinajstić information content (AvgIpc) is 2.37. The predicted octanol–water partition coefficient (Wildman–Crippen LogP) is 2.82. The number of nitrogens with one attached hydrogen (secondary N) is 1. The largest absolute Gasteiger partial charge is 0.311 e. The minimum absolute atomic E-state index is 0.218. The Morgan fingerprint density at radius 2 is 1.45 bits per heavy atom. The molecule has 1 N–H and O–H groups in total. The van der Waals surface area contributed by atoms with Crippen LogP contribution in [-0.2, 0) is 0 Å². The van der Waals surface area contributed by atoms with Gasteiger partial charge in [0.15, 0.2) is 0 Å². The highest BCUT2D eigenvalue weighted by atomic mass is 15.3. The van der Waals surface area contributed by atoms with Gasteiger partial charge in [0.25, 0.3) is 0 Å². The van der Waals surface area contributed by atoms with Gasteiger partial charge in [-0.1, -0.05) is 27.2 Å². The summed E-state index contributed by atoms with van der Waals surface area (Å²) in [5, 5.41) is 3.72. The number of hydrogen-bond acceptors (Lipinski definition) is 3. The highest BCUT2D eigenvalue weighted by molar-refractivity contribution is 4.85. The molecule has 0 spiro atoms. The third-order valence-electron chi connectivity index (χ3n) is 4.42. The molecule has 1 atom stereocenters. The molecule has 0 saturated carbocycles. The minimum atomic E-state index is 0.218. The molecule has 3 nitrogen and oxygen atoms in total. The zero-order valence-electron chi connectivity index (χ0n) is 14.8. The van der Waals surface area contributed by atoms with Crippen LogP contribution in [0.5, 0.6) is 0 Å². The summed E-state index contributed by atoms with van der Waals surface area (Å²) >= 11 is 0. The smallest absolute Gasteiger partial charge is 0.0110 e. The minimum Gasteiger partial charge on any atom is -0.311 e. The first-order valence-electron chi connectivity index (χ1n) is 8.48. The zero-order valence-corrected chi connectivity index (χ0v) is 14.8. The Morgan fingerprint density at radius 1 is 0.900 bits per heavy atom. The summed E-state index contributed by atoms with van der Waals surface area (Å²) < 4.78 is 0. The van der Waals surface area contributed by atoms with E-state index in [1.165, 1.54) is 52.1 Å². The van der Waals surface area contributed by atoms with Crippen molar-refractivity contribution in [3.05, 3.63) is 0 Å². The summed E-state index contributed by atoms with van der Waals surface area (Å²) in [5.74, 6) is 0. The SMILES string of the molecule is CCCC(C)(CNC(C)(C)C)CN1CCN(CC)CC1. The molecule has 1 unspecified atom stereocenters. The van der Waals surface area contributed by atoms with Gasteiger partial charge in [0.1, 0.15) is 0 Å². The monoisotopic (exact) mass is 283 g/mol. The molecule has 20 heavy (non-hydrogen) atoms. The molecule has 3 heteroatoms. The maximum atomic E-state index is 3.72. The molecule has 1 rings (SSSR count). The van der Waals surface area contributed by atoms with Crippen LogP contribution in [0.15, 0.2) is 0 Å². The Bertz CT molecular complexity index is 264. The van der Waals surface area contributed by atoms with Crippen molar-refractivity contribution in [2.75, 3.05) is 45.8 Å². The second kappa shape index (κ2) is 7.77. The van der Waals surface area contributed by atoms with Crippen molar-refractivity contribution in [3.63, 3.8) is 0 Å². The summed E-state index contributed by atoms with van der Waals surface area (Å²) in [6, 6.07) is 0. The Morgan fingerprint density at radius 3 is 1.90 bits per heavy atom. The van der Waals surface area contributed by atoms with Crippen LogP contribution in [0.3, 0.4) is 0 Å². The van der Waals surface area contributed by atoms with E-state index >= 15 is 0 Å². The third-order valence-corrected chi connectivity index (χ3v) is 4.42. The molecule has 120 valence electrons. The van der Waals surface area contributed by atoms with E-state index in [0.717, 1.165) is 6.54 Å². The lowest BCUT2D eigenvalue weighted by molar-refractivity contribution is 0.0851. The predicted molar refractivity (Wildman–Crippen MR) is 89.3 cm³/mol. The molecular weight excluding hydrogens is 246 g/mol. The Hall–Kier alpha value is -0.120. The molecule has 0 aliphatic carbocycles. The summed E-state index contributed by atoms with van der Waals surface area (Å²) in [6.07, 6.45) is 2.58. The molecule has 0 amide bonds. The summed E-state index contributed by atoms with van der Waals surface area (Å²) in [4.78, 5) is 5.23. The zero-order chi connectivity index (χ0) is 15.2. The maximum Gasteiger partial charge on any atom is 0.0110 e. The first-order valence-corrected chi connectivity index (χ1v) is 8.48. The molecule has 1 saturated heterocycles.